The van der Waals surface area contributed by atoms with Crippen LogP contribution >= 0.6 is 0 Å². The molecule has 10 nitrogen and oxygen atoms in total. The highest BCUT2D eigenvalue weighted by Gasteiger charge is 2.52. The molecule has 5 atom stereocenters. The zero-order valence-corrected chi connectivity index (χ0v) is 23.4. The van der Waals surface area contributed by atoms with E-state index in [2.05, 4.69) is 6.08 Å². The number of methoxy groups -OCH3 is 1. The van der Waals surface area contributed by atoms with Gasteiger partial charge in [-0.1, -0.05) is 23.8 Å². The summed E-state index contributed by atoms with van der Waals surface area (Å²) in [6.45, 7) is 6.61. The van der Waals surface area contributed by atoms with Crippen molar-refractivity contribution < 1.29 is 47.6 Å². The van der Waals surface area contributed by atoms with Crippen LogP contribution < -0.4 is 0 Å². The minimum absolute atomic E-state index is 0.266. The second-order valence-corrected chi connectivity index (χ2v) is 9.97. The first-order chi connectivity index (χ1) is 18.5. The fraction of sp³-hybridized carbons (Fsp3) is 0.586. The molecule has 0 bridgehead atoms. The van der Waals surface area contributed by atoms with Crippen LogP contribution in [0.15, 0.2) is 23.8 Å². The zero-order chi connectivity index (χ0) is 28.7. The van der Waals surface area contributed by atoms with Crippen LogP contribution in [0, 0.1) is 6.92 Å². The van der Waals surface area contributed by atoms with E-state index in [0.29, 0.717) is 5.56 Å². The normalized spacial score (nSPS) is 26.8. The zero-order valence-electron chi connectivity index (χ0n) is 23.4. The van der Waals surface area contributed by atoms with Crippen LogP contribution in [-0.4, -0.2) is 68.1 Å². The topological polar surface area (TPSA) is 124 Å². The molecule has 1 aromatic carbocycles. The summed E-state index contributed by atoms with van der Waals surface area (Å²) < 4.78 is 33.6. The molecule has 2 fully saturated rings. The number of hydrogen-bond acceptors (Lipinski definition) is 10. The van der Waals surface area contributed by atoms with Gasteiger partial charge in [0.15, 0.2) is 18.3 Å². The molecule has 1 aliphatic heterocycles. The average Bonchev–Trinajstić information content (AvgIpc) is 2.86. The van der Waals surface area contributed by atoms with E-state index in [1.54, 1.807) is 7.11 Å². The van der Waals surface area contributed by atoms with Gasteiger partial charge in [-0.2, -0.15) is 0 Å². The Morgan fingerprint density at radius 3 is 2.03 bits per heavy atom. The number of hydrogen-bond donors (Lipinski definition) is 0. The standard InChI is InChI=1S/C29H38O10/c1-16-7-10-22(14-23(16)13-21-8-11-24(34-6)12-9-21)26-28(37-19(4)32)29(38-20(5)33)27(36-18(3)31)25(39-26)15-35-17(2)30/h7,10,13-14,24-29H,8-9,11-12,15H2,1-6H3/t24?,25-,26+,27-,28+,29+/m1/s1. The lowest BCUT2D eigenvalue weighted by Crippen LogP contribution is -2.59. The predicted octanol–water partition coefficient (Wildman–Crippen LogP) is 3.77. The van der Waals surface area contributed by atoms with Crippen molar-refractivity contribution in [3.8, 4) is 0 Å². The summed E-state index contributed by atoms with van der Waals surface area (Å²) in [6.07, 6.45) is 0.784. The van der Waals surface area contributed by atoms with E-state index in [0.717, 1.165) is 36.8 Å². The molecule has 39 heavy (non-hydrogen) atoms. The second kappa shape index (κ2) is 13.7. The highest BCUT2D eigenvalue weighted by molar-refractivity contribution is 5.69. The van der Waals surface area contributed by atoms with Crippen LogP contribution in [0.5, 0.6) is 0 Å². The molecule has 214 valence electrons. The SMILES string of the molecule is COC1CCC(=Cc2cc([C@@H]3O[C@H](COC(C)=O)[C@@H](OC(C)=O)[C@H](OC(C)=O)[C@H]3OC(C)=O)ccc2C)CC1. The Hall–Kier alpha value is -3.24. The van der Waals surface area contributed by atoms with Gasteiger partial charge in [-0.3, -0.25) is 19.2 Å². The van der Waals surface area contributed by atoms with Gasteiger partial charge in [0, 0.05) is 34.8 Å². The Labute approximate surface area is 228 Å². The van der Waals surface area contributed by atoms with Crippen molar-refractivity contribution in [2.24, 2.45) is 0 Å². The van der Waals surface area contributed by atoms with Crippen molar-refractivity contribution in [1.82, 2.24) is 0 Å². The molecule has 0 spiro atoms. The highest BCUT2D eigenvalue weighted by atomic mass is 16.7. The van der Waals surface area contributed by atoms with Crippen molar-refractivity contribution in [1.29, 1.82) is 0 Å². The molecule has 3 rings (SSSR count). The molecule has 0 radical (unpaired) electrons. The molecule has 1 saturated heterocycles. The number of benzene rings is 1. The van der Waals surface area contributed by atoms with Gasteiger partial charge in [-0.15, -0.1) is 0 Å². The van der Waals surface area contributed by atoms with Crippen molar-refractivity contribution >= 4 is 30.0 Å². The number of carbonyl (C=O) groups excluding carboxylic acids is 4. The Morgan fingerprint density at radius 1 is 0.872 bits per heavy atom. The summed E-state index contributed by atoms with van der Waals surface area (Å²) in [6, 6.07) is 5.74. The van der Waals surface area contributed by atoms with Crippen LogP contribution in [0.3, 0.4) is 0 Å². The smallest absolute Gasteiger partial charge is 0.303 e. The quantitative estimate of drug-likeness (QED) is 0.352. The number of rotatable bonds is 8. The lowest BCUT2D eigenvalue weighted by Gasteiger charge is -2.44. The number of carbonyl (C=O) groups is 4. The summed E-state index contributed by atoms with van der Waals surface area (Å²) in [5, 5.41) is 0. The Kier molecular flexibility index (Phi) is 10.7. The van der Waals surface area contributed by atoms with Crippen LogP contribution in [0.4, 0.5) is 0 Å². The molecule has 2 aliphatic rings. The van der Waals surface area contributed by atoms with E-state index in [9.17, 15) is 19.2 Å². The van der Waals surface area contributed by atoms with Gasteiger partial charge in [0.05, 0.1) is 6.10 Å². The van der Waals surface area contributed by atoms with Crippen LogP contribution in [0.2, 0.25) is 0 Å². The number of aryl methyl sites for hydroxylation is 1. The molecular weight excluding hydrogens is 508 g/mol. The lowest BCUT2D eigenvalue weighted by molar-refractivity contribution is -0.254. The van der Waals surface area contributed by atoms with E-state index in [1.807, 2.05) is 25.1 Å². The van der Waals surface area contributed by atoms with E-state index in [-0.39, 0.29) is 12.7 Å². The molecule has 0 aromatic heterocycles. The van der Waals surface area contributed by atoms with Crippen LogP contribution in [0.1, 0.15) is 76.2 Å². The first-order valence-corrected chi connectivity index (χ1v) is 13.1. The summed E-state index contributed by atoms with van der Waals surface area (Å²) in [5.41, 5.74) is 4.00. The molecule has 1 aromatic rings. The minimum atomic E-state index is -1.21. The molecule has 1 heterocycles. The van der Waals surface area contributed by atoms with Gasteiger partial charge >= 0.3 is 23.9 Å². The summed E-state index contributed by atoms with van der Waals surface area (Å²) in [5.74, 6) is -2.52. The Morgan fingerprint density at radius 2 is 1.46 bits per heavy atom. The average molecular weight is 547 g/mol. The van der Waals surface area contributed by atoms with Crippen molar-refractivity contribution in [3.63, 3.8) is 0 Å². The Bertz CT molecular complexity index is 1080. The monoisotopic (exact) mass is 546 g/mol. The molecule has 0 amide bonds. The van der Waals surface area contributed by atoms with Gasteiger partial charge < -0.3 is 28.4 Å². The molecule has 0 N–H and O–H groups in total. The maximum absolute atomic E-state index is 12.2. The van der Waals surface area contributed by atoms with Crippen molar-refractivity contribution in [3.05, 3.63) is 40.5 Å². The van der Waals surface area contributed by atoms with E-state index in [1.165, 1.54) is 33.3 Å². The predicted molar refractivity (Wildman–Crippen MR) is 139 cm³/mol. The van der Waals surface area contributed by atoms with Gasteiger partial charge in [-0.25, -0.2) is 0 Å². The van der Waals surface area contributed by atoms with Crippen LogP contribution in [-0.2, 0) is 47.6 Å². The first-order valence-electron chi connectivity index (χ1n) is 13.1. The molecule has 1 saturated carbocycles. The van der Waals surface area contributed by atoms with Gasteiger partial charge in [-0.05, 0) is 55.4 Å². The van der Waals surface area contributed by atoms with E-state index in [4.69, 9.17) is 28.4 Å². The van der Waals surface area contributed by atoms with Gasteiger partial charge in [0.1, 0.15) is 18.8 Å². The maximum Gasteiger partial charge on any atom is 0.303 e. The third-order valence-electron chi connectivity index (χ3n) is 6.89. The fourth-order valence-corrected chi connectivity index (χ4v) is 5.05. The van der Waals surface area contributed by atoms with E-state index < -0.39 is 54.4 Å². The maximum atomic E-state index is 12.2. The summed E-state index contributed by atoms with van der Waals surface area (Å²) in [4.78, 5) is 47.8. The van der Waals surface area contributed by atoms with Crippen molar-refractivity contribution in [2.75, 3.05) is 13.7 Å². The number of ether oxygens (including phenoxy) is 6. The molecule has 0 unspecified atom stereocenters. The second-order valence-electron chi connectivity index (χ2n) is 9.97. The highest BCUT2D eigenvalue weighted by Crippen LogP contribution is 2.39. The Balaban J connectivity index is 2.03. The lowest BCUT2D eigenvalue weighted by atomic mass is 9.87. The molecular formula is C29H38O10. The fourth-order valence-electron chi connectivity index (χ4n) is 5.05. The van der Waals surface area contributed by atoms with Gasteiger partial charge in [0.25, 0.3) is 0 Å². The third-order valence-corrected chi connectivity index (χ3v) is 6.89. The van der Waals surface area contributed by atoms with E-state index >= 15 is 0 Å². The van der Waals surface area contributed by atoms with Crippen molar-refractivity contribution in [2.45, 2.75) is 96.9 Å². The first kappa shape index (κ1) is 30.3. The number of esters is 4. The molecule has 1 aliphatic carbocycles. The van der Waals surface area contributed by atoms with Gasteiger partial charge in [0.2, 0.25) is 0 Å². The summed E-state index contributed by atoms with van der Waals surface area (Å²) in [7, 11) is 1.74. The largest absolute Gasteiger partial charge is 0.463 e. The minimum Gasteiger partial charge on any atom is -0.463 e. The molecule has 10 heteroatoms. The number of allylic oxidation sites excluding steroid dienone is 1. The third kappa shape index (κ3) is 8.37. The summed E-state index contributed by atoms with van der Waals surface area (Å²) >= 11 is 0. The van der Waals surface area contributed by atoms with Crippen LogP contribution in [0.25, 0.3) is 6.08 Å².